The monoisotopic (exact) mass is 406 g/mol. The fourth-order valence-electron chi connectivity index (χ4n) is 4.17. The second-order valence-corrected chi connectivity index (χ2v) is 8.27. The average molecular weight is 407 g/mol. The predicted molar refractivity (Wildman–Crippen MR) is 129 cm³/mol. The molecule has 4 aromatic rings. The molecule has 0 saturated heterocycles. The molecular formula is C27H26N4. The first kappa shape index (κ1) is 19.3. The van der Waals surface area contributed by atoms with Crippen molar-refractivity contribution in [3.8, 4) is 11.3 Å². The molecule has 1 aliphatic rings. The summed E-state index contributed by atoms with van der Waals surface area (Å²) in [5.41, 5.74) is 11.5. The maximum Gasteiger partial charge on any atom is 0.150 e. The number of anilines is 1. The smallest absolute Gasteiger partial charge is 0.150 e. The normalized spacial score (nSPS) is 15.4. The van der Waals surface area contributed by atoms with Gasteiger partial charge in [0.1, 0.15) is 22.9 Å². The molecule has 5 rings (SSSR count). The van der Waals surface area contributed by atoms with E-state index in [2.05, 4.69) is 77.5 Å². The number of fused-ring (bicyclic) bond motifs is 1. The standard InChI is InChI=1S/C27H26N4/c1-18(20-7-4-3-5-8-20)11-12-21-13-14-23(17-19(21)2)24-25-26(28)29-15-16-31(25)27(30-24)22-9-6-10-22/h3-5,7-8,11-17,22H,2,6,9-10H2,1H3,(H2,28,29)/b18-11+,21-12-. The van der Waals surface area contributed by atoms with Gasteiger partial charge in [-0.1, -0.05) is 67.6 Å². The van der Waals surface area contributed by atoms with E-state index >= 15 is 0 Å². The van der Waals surface area contributed by atoms with Crippen molar-refractivity contribution in [2.24, 2.45) is 0 Å². The predicted octanol–water partition coefficient (Wildman–Crippen LogP) is 4.54. The molecule has 1 fully saturated rings. The van der Waals surface area contributed by atoms with Gasteiger partial charge in [-0.15, -0.1) is 0 Å². The highest BCUT2D eigenvalue weighted by Gasteiger charge is 2.26. The Morgan fingerprint density at radius 3 is 2.68 bits per heavy atom. The quantitative estimate of drug-likeness (QED) is 0.541. The maximum atomic E-state index is 6.27. The number of benzene rings is 2. The van der Waals surface area contributed by atoms with Crippen LogP contribution in [0.2, 0.25) is 0 Å². The van der Waals surface area contributed by atoms with Gasteiger partial charge < -0.3 is 5.73 Å². The van der Waals surface area contributed by atoms with Crippen molar-refractivity contribution in [3.63, 3.8) is 0 Å². The highest BCUT2D eigenvalue weighted by molar-refractivity contribution is 5.85. The summed E-state index contributed by atoms with van der Waals surface area (Å²) in [6, 6.07) is 16.7. The maximum absolute atomic E-state index is 6.27. The molecule has 1 saturated carbocycles. The minimum Gasteiger partial charge on any atom is -0.382 e. The van der Waals surface area contributed by atoms with Crippen LogP contribution in [0.5, 0.6) is 0 Å². The van der Waals surface area contributed by atoms with Crippen LogP contribution in [0.4, 0.5) is 5.82 Å². The van der Waals surface area contributed by atoms with Gasteiger partial charge in [0.15, 0.2) is 0 Å². The van der Waals surface area contributed by atoms with Crippen molar-refractivity contribution >= 4 is 29.6 Å². The Labute approximate surface area is 182 Å². The Morgan fingerprint density at radius 1 is 1.16 bits per heavy atom. The molecule has 4 heteroatoms. The van der Waals surface area contributed by atoms with Crippen LogP contribution in [0, 0.1) is 0 Å². The van der Waals surface area contributed by atoms with Crippen molar-refractivity contribution in [1.29, 1.82) is 0 Å². The van der Waals surface area contributed by atoms with Gasteiger partial charge in [-0.2, -0.15) is 0 Å². The number of allylic oxidation sites excluding steroid dienone is 2. The number of hydrogen-bond acceptors (Lipinski definition) is 3. The van der Waals surface area contributed by atoms with Crippen LogP contribution >= 0.6 is 0 Å². The molecule has 31 heavy (non-hydrogen) atoms. The van der Waals surface area contributed by atoms with E-state index in [0.29, 0.717) is 11.7 Å². The Balaban J connectivity index is 1.57. The fourth-order valence-corrected chi connectivity index (χ4v) is 4.17. The Morgan fingerprint density at radius 2 is 1.97 bits per heavy atom. The van der Waals surface area contributed by atoms with E-state index in [9.17, 15) is 0 Å². The lowest BCUT2D eigenvalue weighted by atomic mass is 9.85. The molecule has 0 spiro atoms. The Kier molecular flexibility index (Phi) is 4.91. The van der Waals surface area contributed by atoms with Crippen molar-refractivity contribution in [1.82, 2.24) is 14.4 Å². The van der Waals surface area contributed by atoms with Crippen LogP contribution in [0.15, 0.2) is 67.0 Å². The zero-order chi connectivity index (χ0) is 21.4. The molecule has 0 radical (unpaired) electrons. The summed E-state index contributed by atoms with van der Waals surface area (Å²) in [6.07, 6.45) is 11.6. The first-order valence-electron chi connectivity index (χ1n) is 10.8. The molecule has 2 N–H and O–H groups in total. The lowest BCUT2D eigenvalue weighted by molar-refractivity contribution is 0.400. The van der Waals surface area contributed by atoms with Crippen molar-refractivity contribution in [2.45, 2.75) is 32.1 Å². The van der Waals surface area contributed by atoms with Gasteiger partial charge in [0.25, 0.3) is 0 Å². The number of nitrogens with zero attached hydrogens (tertiary/aromatic N) is 3. The van der Waals surface area contributed by atoms with Gasteiger partial charge in [0.2, 0.25) is 0 Å². The van der Waals surface area contributed by atoms with Crippen LogP contribution in [-0.2, 0) is 0 Å². The summed E-state index contributed by atoms with van der Waals surface area (Å²) in [4.78, 5) is 9.34. The largest absolute Gasteiger partial charge is 0.382 e. The van der Waals surface area contributed by atoms with Gasteiger partial charge in [0, 0.05) is 23.9 Å². The van der Waals surface area contributed by atoms with E-state index in [1.54, 1.807) is 6.20 Å². The van der Waals surface area contributed by atoms with E-state index in [-0.39, 0.29) is 0 Å². The fraction of sp³-hybridized carbons (Fsp3) is 0.185. The van der Waals surface area contributed by atoms with Crippen LogP contribution in [0.25, 0.3) is 35.0 Å². The third-order valence-corrected chi connectivity index (χ3v) is 6.24. The number of hydrogen-bond donors (Lipinski definition) is 1. The topological polar surface area (TPSA) is 56.2 Å². The Bertz CT molecular complexity index is 1390. The lowest BCUT2D eigenvalue weighted by Crippen LogP contribution is -2.22. The van der Waals surface area contributed by atoms with Crippen LogP contribution < -0.4 is 16.2 Å². The number of nitrogen functional groups attached to an aromatic ring is 1. The van der Waals surface area contributed by atoms with Crippen molar-refractivity contribution < 1.29 is 0 Å². The number of imidazole rings is 1. The third kappa shape index (κ3) is 3.55. The van der Waals surface area contributed by atoms with E-state index < -0.39 is 0 Å². The molecule has 4 nitrogen and oxygen atoms in total. The molecule has 2 aromatic heterocycles. The lowest BCUT2D eigenvalue weighted by Gasteiger charge is -2.23. The summed E-state index contributed by atoms with van der Waals surface area (Å²) in [5.74, 6) is 2.10. The van der Waals surface area contributed by atoms with E-state index in [0.717, 1.165) is 33.0 Å². The second-order valence-electron chi connectivity index (χ2n) is 8.27. The number of nitrogens with two attached hydrogens (primary N) is 1. The van der Waals surface area contributed by atoms with Gasteiger partial charge in [-0.05, 0) is 47.4 Å². The van der Waals surface area contributed by atoms with Gasteiger partial charge >= 0.3 is 0 Å². The number of aromatic nitrogens is 3. The summed E-state index contributed by atoms with van der Waals surface area (Å²) in [7, 11) is 0. The van der Waals surface area contributed by atoms with Crippen molar-refractivity contribution in [3.05, 3.63) is 88.8 Å². The SMILES string of the molecule is C=c1cc(-c2nc(C3CCC3)n3ccnc(N)c23)cc/c1=C/C=C(\C)c1ccccc1. The molecule has 154 valence electrons. The molecular weight excluding hydrogens is 380 g/mol. The zero-order valence-electron chi connectivity index (χ0n) is 17.8. The molecule has 2 heterocycles. The van der Waals surface area contributed by atoms with E-state index in [1.807, 2.05) is 12.3 Å². The van der Waals surface area contributed by atoms with Crippen LogP contribution in [0.3, 0.4) is 0 Å². The summed E-state index contributed by atoms with van der Waals surface area (Å²) in [5, 5.41) is 2.05. The molecule has 0 amide bonds. The van der Waals surface area contributed by atoms with Crippen LogP contribution in [-0.4, -0.2) is 14.4 Å². The first-order valence-corrected chi connectivity index (χ1v) is 10.8. The second kappa shape index (κ2) is 7.88. The molecule has 0 bridgehead atoms. The van der Waals surface area contributed by atoms with Gasteiger partial charge in [-0.3, -0.25) is 4.40 Å². The summed E-state index contributed by atoms with van der Waals surface area (Å²) in [6.45, 7) is 6.41. The highest BCUT2D eigenvalue weighted by atomic mass is 15.1. The highest BCUT2D eigenvalue weighted by Crippen LogP contribution is 2.38. The van der Waals surface area contributed by atoms with Gasteiger partial charge in [0.05, 0.1) is 0 Å². The third-order valence-electron chi connectivity index (χ3n) is 6.24. The summed E-state index contributed by atoms with van der Waals surface area (Å²) < 4.78 is 2.12. The Hall–Kier alpha value is -3.66. The van der Waals surface area contributed by atoms with E-state index in [1.165, 1.54) is 30.4 Å². The average Bonchev–Trinajstić information content (AvgIpc) is 3.12. The molecule has 0 aliphatic heterocycles. The molecule has 1 aliphatic carbocycles. The summed E-state index contributed by atoms with van der Waals surface area (Å²) >= 11 is 0. The molecule has 0 unspecified atom stereocenters. The van der Waals surface area contributed by atoms with Crippen molar-refractivity contribution in [2.75, 3.05) is 5.73 Å². The number of rotatable bonds is 4. The zero-order valence-corrected chi connectivity index (χ0v) is 17.8. The minimum atomic E-state index is 0.501. The molecule has 0 atom stereocenters. The van der Waals surface area contributed by atoms with Crippen LogP contribution in [0.1, 0.15) is 43.5 Å². The molecule has 2 aromatic carbocycles. The minimum absolute atomic E-state index is 0.501. The first-order chi connectivity index (χ1) is 15.1. The van der Waals surface area contributed by atoms with E-state index in [4.69, 9.17) is 10.7 Å². The van der Waals surface area contributed by atoms with Gasteiger partial charge in [-0.25, -0.2) is 9.97 Å².